The quantitative estimate of drug-likeness (QED) is 0.582. The predicted molar refractivity (Wildman–Crippen MR) is 109 cm³/mol. The second-order valence-electron chi connectivity index (χ2n) is 6.03. The van der Waals surface area contributed by atoms with Crippen LogP contribution in [-0.4, -0.2) is 23.3 Å². The maximum Gasteiger partial charge on any atom is 0.327 e. The van der Waals surface area contributed by atoms with Gasteiger partial charge >= 0.3 is 6.03 Å². The molecule has 3 rings (SSSR count). The summed E-state index contributed by atoms with van der Waals surface area (Å²) in [6.45, 7) is 0.625. The third-order valence-electron chi connectivity index (χ3n) is 4.10. The Labute approximate surface area is 167 Å². The van der Waals surface area contributed by atoms with Gasteiger partial charge in [0.15, 0.2) is 0 Å². The molecule has 1 aliphatic heterocycles. The lowest BCUT2D eigenvalue weighted by molar-refractivity contribution is 0.233. The molecule has 136 valence electrons. The lowest BCUT2D eigenvalue weighted by Crippen LogP contribution is -2.39. The molecule has 0 unspecified atom stereocenters. The van der Waals surface area contributed by atoms with Gasteiger partial charge in [0.2, 0.25) is 0 Å². The van der Waals surface area contributed by atoms with Crippen LogP contribution < -0.4 is 5.32 Å². The van der Waals surface area contributed by atoms with Gasteiger partial charge in [0.25, 0.3) is 0 Å². The average Bonchev–Trinajstić information content (AvgIpc) is 2.86. The Morgan fingerprint density at radius 2 is 1.73 bits per heavy atom. The van der Waals surface area contributed by atoms with E-state index in [4.69, 9.17) is 34.8 Å². The minimum atomic E-state index is -0.201. The van der Waals surface area contributed by atoms with Crippen LogP contribution in [0.3, 0.4) is 0 Å². The third kappa shape index (κ3) is 4.91. The van der Waals surface area contributed by atoms with Gasteiger partial charge in [-0.2, -0.15) is 0 Å². The number of aliphatic imine (C=N–C) groups is 1. The first-order chi connectivity index (χ1) is 12.5. The van der Waals surface area contributed by atoms with Gasteiger partial charge in [0.05, 0.1) is 15.7 Å². The monoisotopic (exact) mass is 409 g/mol. The fraction of sp³-hybridized carbons (Fsp3) is 0.263. The molecule has 2 amide bonds. The van der Waals surface area contributed by atoms with Crippen LogP contribution in [0.1, 0.15) is 25.7 Å². The molecule has 1 saturated heterocycles. The number of amides is 2. The molecular weight excluding hydrogens is 393 g/mol. The van der Waals surface area contributed by atoms with E-state index in [1.807, 2.05) is 0 Å². The normalized spacial score (nSPS) is 16.4. The second kappa shape index (κ2) is 8.76. The van der Waals surface area contributed by atoms with Gasteiger partial charge in [-0.15, -0.1) is 0 Å². The smallest absolute Gasteiger partial charge is 0.308 e. The van der Waals surface area contributed by atoms with Crippen molar-refractivity contribution in [1.29, 1.82) is 0 Å². The summed E-state index contributed by atoms with van der Waals surface area (Å²) in [5.74, 6) is 0.729. The molecule has 0 spiro atoms. The Morgan fingerprint density at radius 1 is 0.962 bits per heavy atom. The van der Waals surface area contributed by atoms with Crippen molar-refractivity contribution in [2.75, 3.05) is 11.9 Å². The maximum atomic E-state index is 12.8. The van der Waals surface area contributed by atoms with Crippen molar-refractivity contribution in [3.63, 3.8) is 0 Å². The molecule has 1 N–H and O–H groups in total. The highest BCUT2D eigenvalue weighted by Gasteiger charge is 2.22. The van der Waals surface area contributed by atoms with Gasteiger partial charge in [0.1, 0.15) is 5.84 Å². The van der Waals surface area contributed by atoms with Crippen LogP contribution >= 0.6 is 34.8 Å². The molecule has 0 aliphatic carbocycles. The number of benzene rings is 2. The second-order valence-corrected chi connectivity index (χ2v) is 7.28. The van der Waals surface area contributed by atoms with Gasteiger partial charge in [-0.3, -0.25) is 4.90 Å². The number of nitrogens with one attached hydrogen (secondary N) is 1. The molecule has 0 bridgehead atoms. The van der Waals surface area contributed by atoms with E-state index < -0.39 is 0 Å². The van der Waals surface area contributed by atoms with E-state index in [1.165, 1.54) is 0 Å². The summed E-state index contributed by atoms with van der Waals surface area (Å²) in [5.41, 5.74) is 1.37. The zero-order valence-electron chi connectivity index (χ0n) is 14.0. The first-order valence-corrected chi connectivity index (χ1v) is 9.53. The van der Waals surface area contributed by atoms with Gasteiger partial charge < -0.3 is 5.32 Å². The highest BCUT2D eigenvalue weighted by atomic mass is 35.5. The van der Waals surface area contributed by atoms with Gasteiger partial charge in [0, 0.05) is 23.7 Å². The zero-order valence-corrected chi connectivity index (χ0v) is 16.3. The number of hydrogen-bond donors (Lipinski definition) is 1. The van der Waals surface area contributed by atoms with Crippen molar-refractivity contribution in [1.82, 2.24) is 4.90 Å². The number of anilines is 1. The van der Waals surface area contributed by atoms with Crippen molar-refractivity contribution in [2.24, 2.45) is 4.99 Å². The first-order valence-electron chi connectivity index (χ1n) is 8.39. The average molecular weight is 411 g/mol. The predicted octanol–water partition coefficient (Wildman–Crippen LogP) is 6.78. The maximum absolute atomic E-state index is 12.8. The van der Waals surface area contributed by atoms with E-state index >= 15 is 0 Å². The number of halogens is 3. The van der Waals surface area contributed by atoms with Crippen LogP contribution in [0, 0.1) is 0 Å². The van der Waals surface area contributed by atoms with E-state index in [0.717, 1.165) is 31.5 Å². The fourth-order valence-electron chi connectivity index (χ4n) is 2.76. The number of nitrogens with zero attached hydrogens (tertiary/aromatic N) is 2. The summed E-state index contributed by atoms with van der Waals surface area (Å²) in [6, 6.07) is 12.0. The number of carbonyl (C=O) groups excluding carboxylic acids is 1. The highest BCUT2D eigenvalue weighted by molar-refractivity contribution is 6.42. The fourth-order valence-corrected chi connectivity index (χ4v) is 3.17. The van der Waals surface area contributed by atoms with E-state index in [1.54, 1.807) is 47.4 Å². The van der Waals surface area contributed by atoms with Crippen molar-refractivity contribution >= 4 is 58.0 Å². The topological polar surface area (TPSA) is 44.7 Å². The summed E-state index contributed by atoms with van der Waals surface area (Å²) in [6.07, 6.45) is 3.72. The molecule has 26 heavy (non-hydrogen) atoms. The van der Waals surface area contributed by atoms with E-state index in [2.05, 4.69) is 10.3 Å². The number of amidine groups is 1. The minimum absolute atomic E-state index is 0.201. The summed E-state index contributed by atoms with van der Waals surface area (Å²) >= 11 is 17.9. The van der Waals surface area contributed by atoms with Crippen LogP contribution in [-0.2, 0) is 0 Å². The van der Waals surface area contributed by atoms with Gasteiger partial charge in [-0.05, 0) is 55.3 Å². The molecule has 0 aromatic heterocycles. The molecule has 0 radical (unpaired) electrons. The van der Waals surface area contributed by atoms with Crippen molar-refractivity contribution in [3.8, 4) is 0 Å². The number of carbonyl (C=O) groups is 1. The lowest BCUT2D eigenvalue weighted by Gasteiger charge is -2.22. The molecule has 4 nitrogen and oxygen atoms in total. The highest BCUT2D eigenvalue weighted by Crippen LogP contribution is 2.28. The van der Waals surface area contributed by atoms with Crippen LogP contribution in [0.5, 0.6) is 0 Å². The third-order valence-corrected chi connectivity index (χ3v) is 5.09. The Hall–Kier alpha value is -1.75. The van der Waals surface area contributed by atoms with Crippen molar-refractivity contribution in [2.45, 2.75) is 25.7 Å². The van der Waals surface area contributed by atoms with Gasteiger partial charge in [-0.1, -0.05) is 41.2 Å². The SMILES string of the molecule is O=C(Nc1ccc(Cl)cc1)N1CCCCCC1=Nc1ccc(Cl)c(Cl)c1. The van der Waals surface area contributed by atoms with E-state index in [-0.39, 0.29) is 6.03 Å². The van der Waals surface area contributed by atoms with Gasteiger partial charge in [-0.25, -0.2) is 9.79 Å². The molecule has 2 aromatic carbocycles. The van der Waals surface area contributed by atoms with E-state index in [9.17, 15) is 4.79 Å². The number of rotatable bonds is 2. The van der Waals surface area contributed by atoms with Crippen molar-refractivity contribution < 1.29 is 4.79 Å². The Bertz CT molecular complexity index is 821. The largest absolute Gasteiger partial charge is 0.327 e. The first kappa shape index (κ1) is 19.0. The van der Waals surface area contributed by atoms with Crippen LogP contribution in [0.2, 0.25) is 15.1 Å². The number of likely N-dealkylation sites (tertiary alicyclic amines) is 1. The number of hydrogen-bond acceptors (Lipinski definition) is 2. The summed E-state index contributed by atoms with van der Waals surface area (Å²) in [7, 11) is 0. The molecule has 7 heteroatoms. The lowest BCUT2D eigenvalue weighted by atomic mass is 10.2. The molecule has 0 saturated carbocycles. The molecule has 1 aliphatic rings. The zero-order chi connectivity index (χ0) is 18.5. The van der Waals surface area contributed by atoms with Crippen LogP contribution in [0.15, 0.2) is 47.5 Å². The van der Waals surface area contributed by atoms with E-state index in [0.29, 0.717) is 33.0 Å². The Balaban J connectivity index is 1.83. The minimum Gasteiger partial charge on any atom is -0.308 e. The summed E-state index contributed by atoms with van der Waals surface area (Å²) in [4.78, 5) is 19.1. The Morgan fingerprint density at radius 3 is 2.46 bits per heavy atom. The summed E-state index contributed by atoms with van der Waals surface area (Å²) < 4.78 is 0. The van der Waals surface area contributed by atoms with Crippen molar-refractivity contribution in [3.05, 3.63) is 57.5 Å². The molecule has 1 fully saturated rings. The summed E-state index contributed by atoms with van der Waals surface area (Å²) in [5, 5.41) is 4.45. The number of urea groups is 1. The van der Waals surface area contributed by atoms with Crippen LogP contribution in [0.4, 0.5) is 16.2 Å². The molecular formula is C19H18Cl3N3O. The molecule has 0 atom stereocenters. The van der Waals surface area contributed by atoms with Crippen LogP contribution in [0.25, 0.3) is 0 Å². The molecule has 1 heterocycles. The standard InChI is InChI=1S/C19H18Cl3N3O/c20-13-5-7-14(8-6-13)24-19(26)25-11-3-1-2-4-18(25)23-15-9-10-16(21)17(22)12-15/h5-10,12H,1-4,11H2,(H,24,26). The molecule has 2 aromatic rings. The Kier molecular flexibility index (Phi) is 6.41.